The highest BCUT2D eigenvalue weighted by molar-refractivity contribution is 8.02. The van der Waals surface area contributed by atoms with Gasteiger partial charge >= 0.3 is 0 Å². The van der Waals surface area contributed by atoms with Crippen molar-refractivity contribution < 1.29 is 9.32 Å². The van der Waals surface area contributed by atoms with Crippen LogP contribution in [-0.2, 0) is 4.79 Å². The van der Waals surface area contributed by atoms with Gasteiger partial charge in [0.2, 0.25) is 11.0 Å². The van der Waals surface area contributed by atoms with Crippen LogP contribution in [0.15, 0.2) is 14.9 Å². The summed E-state index contributed by atoms with van der Waals surface area (Å²) in [6, 6.07) is 2.19. The Morgan fingerprint density at radius 1 is 1.38 bits per heavy atom. The molecule has 1 atom stereocenters. The van der Waals surface area contributed by atoms with E-state index < -0.39 is 0 Å². The molecule has 2 N–H and O–H groups in total. The van der Waals surface area contributed by atoms with Crippen molar-refractivity contribution in [1.29, 1.82) is 0 Å². The molecule has 2 aromatic rings. The summed E-state index contributed by atoms with van der Waals surface area (Å²) < 4.78 is 5.72. The molecule has 3 rings (SSSR count). The van der Waals surface area contributed by atoms with E-state index in [1.807, 2.05) is 6.92 Å². The lowest BCUT2D eigenvalue weighted by Crippen LogP contribution is -2.22. The van der Waals surface area contributed by atoms with Gasteiger partial charge in [-0.3, -0.25) is 4.79 Å². The van der Waals surface area contributed by atoms with Crippen molar-refractivity contribution >= 4 is 40.0 Å². The molecule has 130 valence electrons. The van der Waals surface area contributed by atoms with Crippen LogP contribution >= 0.6 is 23.1 Å². The third kappa shape index (κ3) is 4.70. The standard InChI is InChI=1S/C15H21N5O2S2/c1-9-8-12(20-22-9)17-13(21)10(2)23-15-19-18-14(24-15)16-11-6-4-3-5-7-11/h8,10-11H,3-7H2,1-2H3,(H,16,18)(H,17,20,21). The maximum absolute atomic E-state index is 12.2. The Kier molecular flexibility index (Phi) is 5.72. The normalized spacial score (nSPS) is 16.8. The quantitative estimate of drug-likeness (QED) is 0.752. The third-order valence-corrected chi connectivity index (χ3v) is 5.90. The van der Waals surface area contributed by atoms with Gasteiger partial charge in [-0.25, -0.2) is 0 Å². The van der Waals surface area contributed by atoms with Crippen LogP contribution in [0, 0.1) is 6.92 Å². The fourth-order valence-corrected chi connectivity index (χ4v) is 4.57. The minimum Gasteiger partial charge on any atom is -0.360 e. The number of carbonyl (C=O) groups excluding carboxylic acids is 1. The van der Waals surface area contributed by atoms with Gasteiger partial charge in [0.25, 0.3) is 0 Å². The molecule has 0 spiro atoms. The molecule has 0 radical (unpaired) electrons. The van der Waals surface area contributed by atoms with Crippen molar-refractivity contribution in [1.82, 2.24) is 15.4 Å². The lowest BCUT2D eigenvalue weighted by Gasteiger charge is -2.21. The number of hydrogen-bond donors (Lipinski definition) is 2. The first kappa shape index (κ1) is 17.2. The van der Waals surface area contributed by atoms with Crippen LogP contribution < -0.4 is 10.6 Å². The van der Waals surface area contributed by atoms with Gasteiger partial charge < -0.3 is 15.2 Å². The first-order valence-electron chi connectivity index (χ1n) is 8.11. The van der Waals surface area contributed by atoms with Crippen LogP contribution in [0.4, 0.5) is 10.9 Å². The van der Waals surface area contributed by atoms with Gasteiger partial charge in [-0.15, -0.1) is 10.2 Å². The van der Waals surface area contributed by atoms with E-state index in [2.05, 4.69) is 26.0 Å². The number of aryl methyl sites for hydroxylation is 1. The number of rotatable bonds is 6. The largest absolute Gasteiger partial charge is 0.360 e. The molecular weight excluding hydrogens is 346 g/mol. The zero-order chi connectivity index (χ0) is 16.9. The highest BCUT2D eigenvalue weighted by Gasteiger charge is 2.20. The van der Waals surface area contributed by atoms with Crippen LogP contribution in [0.2, 0.25) is 0 Å². The summed E-state index contributed by atoms with van der Waals surface area (Å²) in [6.07, 6.45) is 6.26. The molecule has 1 unspecified atom stereocenters. The summed E-state index contributed by atoms with van der Waals surface area (Å²) in [5.74, 6) is 0.959. The van der Waals surface area contributed by atoms with Crippen LogP contribution in [-0.4, -0.2) is 32.6 Å². The Bertz CT molecular complexity index is 681. The van der Waals surface area contributed by atoms with E-state index >= 15 is 0 Å². The lowest BCUT2D eigenvalue weighted by molar-refractivity contribution is -0.115. The fourth-order valence-electron chi connectivity index (χ4n) is 2.60. The fraction of sp³-hybridized carbons (Fsp3) is 0.600. The summed E-state index contributed by atoms with van der Waals surface area (Å²) >= 11 is 2.89. The Hall–Kier alpha value is -1.61. The molecule has 24 heavy (non-hydrogen) atoms. The number of amides is 1. The monoisotopic (exact) mass is 367 g/mol. The number of thioether (sulfide) groups is 1. The zero-order valence-corrected chi connectivity index (χ0v) is 15.4. The molecule has 0 aliphatic heterocycles. The molecule has 0 bridgehead atoms. The maximum atomic E-state index is 12.2. The van der Waals surface area contributed by atoms with Crippen molar-refractivity contribution in [2.24, 2.45) is 0 Å². The topological polar surface area (TPSA) is 92.9 Å². The zero-order valence-electron chi connectivity index (χ0n) is 13.7. The van der Waals surface area contributed by atoms with Crippen molar-refractivity contribution in [2.45, 2.75) is 61.6 Å². The Morgan fingerprint density at radius 2 is 2.17 bits per heavy atom. The lowest BCUT2D eigenvalue weighted by atomic mass is 9.96. The van der Waals surface area contributed by atoms with Crippen LogP contribution in [0.25, 0.3) is 0 Å². The van der Waals surface area contributed by atoms with Gasteiger partial charge in [0.05, 0.1) is 5.25 Å². The number of carbonyl (C=O) groups is 1. The van der Waals surface area contributed by atoms with Gasteiger partial charge in [0.15, 0.2) is 10.2 Å². The second-order valence-corrected chi connectivity index (χ2v) is 8.49. The van der Waals surface area contributed by atoms with Gasteiger partial charge in [-0.05, 0) is 26.7 Å². The Balaban J connectivity index is 1.50. The molecule has 0 saturated heterocycles. The molecule has 1 saturated carbocycles. The van der Waals surface area contributed by atoms with Crippen LogP contribution in [0.3, 0.4) is 0 Å². The van der Waals surface area contributed by atoms with Gasteiger partial charge in [-0.1, -0.05) is 47.5 Å². The summed E-state index contributed by atoms with van der Waals surface area (Å²) in [7, 11) is 0. The number of aromatic nitrogens is 3. The Labute approximate surface area is 149 Å². The average Bonchev–Trinajstić information content (AvgIpc) is 3.17. The van der Waals surface area contributed by atoms with Gasteiger partial charge in [0.1, 0.15) is 5.76 Å². The molecule has 7 nitrogen and oxygen atoms in total. The van der Waals surface area contributed by atoms with Crippen LogP contribution in [0.1, 0.15) is 44.8 Å². The smallest absolute Gasteiger partial charge is 0.238 e. The molecule has 2 heterocycles. The number of hydrogen-bond acceptors (Lipinski definition) is 8. The van der Waals surface area contributed by atoms with Crippen LogP contribution in [0.5, 0.6) is 0 Å². The van der Waals surface area contributed by atoms with E-state index in [-0.39, 0.29) is 11.2 Å². The second kappa shape index (κ2) is 7.98. The van der Waals surface area contributed by atoms with E-state index in [0.717, 1.165) is 9.47 Å². The first-order chi connectivity index (χ1) is 11.6. The van der Waals surface area contributed by atoms with E-state index in [9.17, 15) is 4.79 Å². The Morgan fingerprint density at radius 3 is 2.88 bits per heavy atom. The number of nitrogens with zero attached hydrogens (tertiary/aromatic N) is 3. The third-order valence-electron chi connectivity index (χ3n) is 3.87. The SMILES string of the molecule is Cc1cc(NC(=O)C(C)Sc2nnc(NC3CCCCC3)s2)no1. The second-order valence-electron chi connectivity index (χ2n) is 5.92. The first-order valence-corrected chi connectivity index (χ1v) is 9.80. The highest BCUT2D eigenvalue weighted by Crippen LogP contribution is 2.31. The minimum absolute atomic E-state index is 0.134. The minimum atomic E-state index is -0.294. The summed E-state index contributed by atoms with van der Waals surface area (Å²) in [6.45, 7) is 3.62. The summed E-state index contributed by atoms with van der Waals surface area (Å²) in [5.41, 5.74) is 0. The van der Waals surface area contributed by atoms with Gasteiger partial charge in [-0.2, -0.15) is 0 Å². The van der Waals surface area contributed by atoms with E-state index in [4.69, 9.17) is 4.52 Å². The molecule has 1 aliphatic rings. The molecular formula is C15H21N5O2S2. The van der Waals surface area contributed by atoms with E-state index in [0.29, 0.717) is 17.6 Å². The van der Waals surface area contributed by atoms with E-state index in [1.165, 1.54) is 55.2 Å². The summed E-state index contributed by atoms with van der Waals surface area (Å²) in [5, 5.41) is 18.8. The predicted molar refractivity (Wildman–Crippen MR) is 95.6 cm³/mol. The predicted octanol–water partition coefficient (Wildman–Crippen LogP) is 3.70. The number of anilines is 2. The molecule has 1 amide bonds. The molecule has 1 aliphatic carbocycles. The molecule has 9 heteroatoms. The molecule has 1 fully saturated rings. The summed E-state index contributed by atoms with van der Waals surface area (Å²) in [4.78, 5) is 12.2. The van der Waals surface area contributed by atoms with Crippen molar-refractivity contribution in [2.75, 3.05) is 10.6 Å². The van der Waals surface area contributed by atoms with Crippen molar-refractivity contribution in [3.05, 3.63) is 11.8 Å². The van der Waals surface area contributed by atoms with Gasteiger partial charge in [0, 0.05) is 12.1 Å². The van der Waals surface area contributed by atoms with E-state index in [1.54, 1.807) is 13.0 Å². The number of nitrogens with one attached hydrogen (secondary N) is 2. The highest BCUT2D eigenvalue weighted by atomic mass is 32.2. The maximum Gasteiger partial charge on any atom is 0.238 e. The van der Waals surface area contributed by atoms with Crippen molar-refractivity contribution in [3.63, 3.8) is 0 Å². The molecule has 2 aromatic heterocycles. The molecule has 0 aromatic carbocycles. The van der Waals surface area contributed by atoms with Crippen molar-refractivity contribution in [3.8, 4) is 0 Å². The average molecular weight is 368 g/mol.